The summed E-state index contributed by atoms with van der Waals surface area (Å²) in [5, 5.41) is 9.28. The van der Waals surface area contributed by atoms with Crippen LogP contribution >= 0.6 is 0 Å². The molecule has 0 aliphatic carbocycles. The normalized spacial score (nSPS) is 15.9. The standard InChI is InChI=1S/C20H22FN5O3S/c1-15(24-30(28,29)18-8-3-2-7-17(18)21)20(27)26-11-5-10-25(12-13-26)19-16(14-22)6-4-9-23-19/h2-4,6-9,15,24H,5,10-13H2,1H3/t15-/m0/s1. The Bertz CT molecular complexity index is 1070. The molecule has 1 aromatic carbocycles. The largest absolute Gasteiger partial charge is 0.354 e. The number of pyridine rings is 1. The van der Waals surface area contributed by atoms with Crippen molar-refractivity contribution in [1.29, 1.82) is 5.26 Å². The van der Waals surface area contributed by atoms with Crippen LogP contribution in [0.4, 0.5) is 10.2 Å². The first-order chi connectivity index (χ1) is 14.3. The average Bonchev–Trinajstić information content (AvgIpc) is 2.99. The zero-order valence-corrected chi connectivity index (χ0v) is 17.3. The number of nitrogens with one attached hydrogen (secondary N) is 1. The molecule has 1 N–H and O–H groups in total. The van der Waals surface area contributed by atoms with E-state index in [2.05, 4.69) is 15.8 Å². The molecule has 1 aromatic heterocycles. The second-order valence-corrected chi connectivity index (χ2v) is 8.61. The molecule has 0 radical (unpaired) electrons. The first kappa shape index (κ1) is 21.7. The van der Waals surface area contributed by atoms with Gasteiger partial charge in [-0.2, -0.15) is 9.98 Å². The highest BCUT2D eigenvalue weighted by Gasteiger charge is 2.29. The second kappa shape index (κ2) is 9.19. The van der Waals surface area contributed by atoms with Crippen molar-refractivity contribution in [3.8, 4) is 6.07 Å². The highest BCUT2D eigenvalue weighted by atomic mass is 32.2. The van der Waals surface area contributed by atoms with Crippen LogP contribution in [0.3, 0.4) is 0 Å². The topological polar surface area (TPSA) is 106 Å². The van der Waals surface area contributed by atoms with Gasteiger partial charge < -0.3 is 9.80 Å². The van der Waals surface area contributed by atoms with Crippen LogP contribution in [-0.4, -0.2) is 56.4 Å². The van der Waals surface area contributed by atoms with Gasteiger partial charge in [-0.1, -0.05) is 12.1 Å². The van der Waals surface area contributed by atoms with Crippen LogP contribution in [0.25, 0.3) is 0 Å². The highest BCUT2D eigenvalue weighted by Crippen LogP contribution is 2.19. The second-order valence-electron chi connectivity index (χ2n) is 6.93. The molecule has 8 nitrogen and oxygen atoms in total. The van der Waals surface area contributed by atoms with E-state index >= 15 is 0 Å². The Labute approximate surface area is 175 Å². The number of aromatic nitrogens is 1. The lowest BCUT2D eigenvalue weighted by atomic mass is 10.2. The summed E-state index contributed by atoms with van der Waals surface area (Å²) in [5.41, 5.74) is 0.461. The molecule has 2 heterocycles. The van der Waals surface area contributed by atoms with Crippen molar-refractivity contribution < 1.29 is 17.6 Å². The lowest BCUT2D eigenvalue weighted by molar-refractivity contribution is -0.132. The fourth-order valence-corrected chi connectivity index (χ4v) is 4.64. The summed E-state index contributed by atoms with van der Waals surface area (Å²) in [6, 6.07) is 9.47. The lowest BCUT2D eigenvalue weighted by Crippen LogP contribution is -2.48. The number of amides is 1. The fraction of sp³-hybridized carbons (Fsp3) is 0.350. The minimum Gasteiger partial charge on any atom is -0.354 e. The molecule has 0 spiro atoms. The number of benzene rings is 1. The number of anilines is 1. The van der Waals surface area contributed by atoms with Gasteiger partial charge in [-0.15, -0.1) is 0 Å². The molecule has 1 aliphatic heterocycles. The van der Waals surface area contributed by atoms with Crippen LogP contribution < -0.4 is 9.62 Å². The van der Waals surface area contributed by atoms with Gasteiger partial charge in [0.05, 0.1) is 11.6 Å². The Morgan fingerprint density at radius 2 is 1.97 bits per heavy atom. The van der Waals surface area contributed by atoms with E-state index in [0.717, 1.165) is 12.1 Å². The lowest BCUT2D eigenvalue weighted by Gasteiger charge is -2.25. The molecule has 0 unspecified atom stereocenters. The maximum atomic E-state index is 13.9. The molecule has 1 atom stereocenters. The van der Waals surface area contributed by atoms with Crippen molar-refractivity contribution in [1.82, 2.24) is 14.6 Å². The molecule has 30 heavy (non-hydrogen) atoms. The Hall–Kier alpha value is -3.03. The van der Waals surface area contributed by atoms with E-state index < -0.39 is 32.7 Å². The average molecular weight is 431 g/mol. The summed E-state index contributed by atoms with van der Waals surface area (Å²) in [6.45, 7) is 3.31. The summed E-state index contributed by atoms with van der Waals surface area (Å²) < 4.78 is 41.0. The smallest absolute Gasteiger partial charge is 0.244 e. The molecule has 1 saturated heterocycles. The van der Waals surface area contributed by atoms with E-state index in [0.29, 0.717) is 44.0 Å². The zero-order chi connectivity index (χ0) is 21.7. The van der Waals surface area contributed by atoms with Gasteiger partial charge in [0, 0.05) is 32.4 Å². The Morgan fingerprint density at radius 3 is 2.70 bits per heavy atom. The molecule has 0 saturated carbocycles. The predicted octanol–water partition coefficient (Wildman–Crippen LogP) is 1.50. The van der Waals surface area contributed by atoms with Gasteiger partial charge in [-0.3, -0.25) is 4.79 Å². The fourth-order valence-electron chi connectivity index (χ4n) is 3.37. The van der Waals surface area contributed by atoms with Crippen LogP contribution in [0, 0.1) is 17.1 Å². The number of rotatable bonds is 5. The van der Waals surface area contributed by atoms with Gasteiger partial charge in [-0.05, 0) is 37.6 Å². The number of hydrogen-bond acceptors (Lipinski definition) is 6. The predicted molar refractivity (Wildman–Crippen MR) is 109 cm³/mol. The number of carbonyl (C=O) groups is 1. The van der Waals surface area contributed by atoms with Gasteiger partial charge in [-0.25, -0.2) is 17.8 Å². The van der Waals surface area contributed by atoms with Crippen molar-refractivity contribution in [3.63, 3.8) is 0 Å². The van der Waals surface area contributed by atoms with Crippen LogP contribution in [0.5, 0.6) is 0 Å². The summed E-state index contributed by atoms with van der Waals surface area (Å²) in [7, 11) is -4.17. The number of nitriles is 1. The number of hydrogen-bond donors (Lipinski definition) is 1. The molecule has 2 aromatic rings. The molecule has 3 rings (SSSR count). The van der Waals surface area contributed by atoms with E-state index in [1.165, 1.54) is 19.1 Å². The number of sulfonamides is 1. The summed E-state index contributed by atoms with van der Waals surface area (Å²) in [6.07, 6.45) is 2.25. The van der Waals surface area contributed by atoms with Crippen molar-refractivity contribution in [3.05, 3.63) is 54.0 Å². The minimum absolute atomic E-state index is 0.353. The van der Waals surface area contributed by atoms with E-state index in [4.69, 9.17) is 0 Å². The molecule has 0 bridgehead atoms. The number of halogens is 1. The van der Waals surface area contributed by atoms with E-state index in [-0.39, 0.29) is 0 Å². The first-order valence-corrected chi connectivity index (χ1v) is 11.0. The molecule has 1 fully saturated rings. The Morgan fingerprint density at radius 1 is 1.20 bits per heavy atom. The van der Waals surface area contributed by atoms with E-state index in [9.17, 15) is 22.9 Å². The van der Waals surface area contributed by atoms with Gasteiger partial charge >= 0.3 is 0 Å². The van der Waals surface area contributed by atoms with Gasteiger partial charge in [0.15, 0.2) is 0 Å². The maximum absolute atomic E-state index is 13.9. The maximum Gasteiger partial charge on any atom is 0.244 e. The number of nitrogens with zero attached hydrogens (tertiary/aromatic N) is 4. The molecule has 10 heteroatoms. The monoisotopic (exact) mass is 431 g/mol. The first-order valence-electron chi connectivity index (χ1n) is 9.49. The van der Waals surface area contributed by atoms with Crippen LogP contribution in [0.15, 0.2) is 47.5 Å². The van der Waals surface area contributed by atoms with E-state index in [1.54, 1.807) is 23.2 Å². The third-order valence-electron chi connectivity index (χ3n) is 4.84. The van der Waals surface area contributed by atoms with Crippen LogP contribution in [0.2, 0.25) is 0 Å². The van der Waals surface area contributed by atoms with Crippen molar-refractivity contribution in [2.45, 2.75) is 24.3 Å². The summed E-state index contributed by atoms with van der Waals surface area (Å²) >= 11 is 0. The third-order valence-corrected chi connectivity index (χ3v) is 6.42. The molecular formula is C20H22FN5O3S. The van der Waals surface area contributed by atoms with Crippen molar-refractivity contribution in [2.75, 3.05) is 31.1 Å². The van der Waals surface area contributed by atoms with Gasteiger partial charge in [0.1, 0.15) is 22.6 Å². The highest BCUT2D eigenvalue weighted by molar-refractivity contribution is 7.89. The summed E-state index contributed by atoms with van der Waals surface area (Å²) in [4.78, 5) is 20.1. The number of carbonyl (C=O) groups excluding carboxylic acids is 1. The quantitative estimate of drug-likeness (QED) is 0.769. The van der Waals surface area contributed by atoms with Crippen LogP contribution in [0.1, 0.15) is 18.9 Å². The minimum atomic E-state index is -4.17. The Kier molecular flexibility index (Phi) is 6.64. The van der Waals surface area contributed by atoms with Crippen molar-refractivity contribution >= 4 is 21.7 Å². The van der Waals surface area contributed by atoms with Crippen LogP contribution in [-0.2, 0) is 14.8 Å². The molecule has 158 valence electrons. The molecule has 1 amide bonds. The Balaban J connectivity index is 1.67. The van der Waals surface area contributed by atoms with Gasteiger partial charge in [0.25, 0.3) is 0 Å². The summed E-state index contributed by atoms with van der Waals surface area (Å²) in [5.74, 6) is -0.695. The van der Waals surface area contributed by atoms with E-state index in [1.807, 2.05) is 4.90 Å². The van der Waals surface area contributed by atoms with Crippen molar-refractivity contribution in [2.24, 2.45) is 0 Å². The third kappa shape index (κ3) is 4.75. The SMILES string of the molecule is C[C@H](NS(=O)(=O)c1ccccc1F)C(=O)N1CCCN(c2ncccc2C#N)CC1. The molecule has 1 aliphatic rings. The zero-order valence-electron chi connectivity index (χ0n) is 16.5. The van der Waals surface area contributed by atoms with Gasteiger partial charge in [0.2, 0.25) is 15.9 Å². The molecular weight excluding hydrogens is 409 g/mol.